The molecule has 0 spiro atoms. The Kier molecular flexibility index (Phi) is 3.53. The number of sulfonamides is 1. The molecule has 1 aliphatic heterocycles. The smallest absolute Gasteiger partial charge is 0.236 e. The second-order valence-electron chi connectivity index (χ2n) is 3.87. The lowest BCUT2D eigenvalue weighted by molar-refractivity contribution is 0.0556. The lowest BCUT2D eigenvalue weighted by Gasteiger charge is -2.33. The molecule has 0 aromatic heterocycles. The van der Waals surface area contributed by atoms with E-state index >= 15 is 0 Å². The Morgan fingerprint density at radius 1 is 1.29 bits per heavy atom. The standard InChI is InChI=1S/C11H12ClNO3S/c12-10-3-1-9(2-4-10)5-6-17(15,16)13-7-11(14)8-13/h1-6,11,14H,7-8H2/b6-5+. The first-order chi connectivity index (χ1) is 7.97. The number of nitrogens with zero attached hydrogens (tertiary/aromatic N) is 1. The minimum atomic E-state index is -3.40. The van der Waals surface area contributed by atoms with Crippen molar-refractivity contribution in [3.8, 4) is 0 Å². The Morgan fingerprint density at radius 2 is 1.88 bits per heavy atom. The van der Waals surface area contributed by atoms with Crippen molar-refractivity contribution in [3.05, 3.63) is 40.3 Å². The molecule has 0 atom stereocenters. The van der Waals surface area contributed by atoms with Gasteiger partial charge in [0.2, 0.25) is 10.0 Å². The van der Waals surface area contributed by atoms with Gasteiger partial charge in [-0.2, -0.15) is 4.31 Å². The molecule has 0 aliphatic carbocycles. The third kappa shape index (κ3) is 3.07. The molecule has 4 nitrogen and oxygen atoms in total. The molecule has 0 bridgehead atoms. The first kappa shape index (κ1) is 12.6. The summed E-state index contributed by atoms with van der Waals surface area (Å²) < 4.78 is 24.6. The van der Waals surface area contributed by atoms with E-state index in [1.807, 2.05) is 0 Å². The van der Waals surface area contributed by atoms with Gasteiger partial charge in [-0.15, -0.1) is 0 Å². The Bertz CT molecular complexity index is 518. The van der Waals surface area contributed by atoms with Crippen LogP contribution in [0.15, 0.2) is 29.7 Å². The van der Waals surface area contributed by atoms with Gasteiger partial charge in [-0.1, -0.05) is 23.7 Å². The van der Waals surface area contributed by atoms with Gasteiger partial charge in [-0.3, -0.25) is 0 Å². The lowest BCUT2D eigenvalue weighted by atomic mass is 10.2. The third-order valence-corrected chi connectivity index (χ3v) is 4.24. The predicted octanol–water partition coefficient (Wildman–Crippen LogP) is 1.32. The van der Waals surface area contributed by atoms with Crippen molar-refractivity contribution in [2.45, 2.75) is 6.10 Å². The van der Waals surface area contributed by atoms with Crippen LogP contribution in [0.25, 0.3) is 6.08 Å². The Hall–Kier alpha value is -0.880. The van der Waals surface area contributed by atoms with E-state index < -0.39 is 16.1 Å². The number of aliphatic hydroxyl groups excluding tert-OH is 1. The molecule has 1 saturated heterocycles. The van der Waals surface area contributed by atoms with Crippen molar-refractivity contribution in [1.29, 1.82) is 0 Å². The van der Waals surface area contributed by atoms with Gasteiger partial charge in [0, 0.05) is 23.5 Å². The Labute approximate surface area is 105 Å². The summed E-state index contributed by atoms with van der Waals surface area (Å²) in [4.78, 5) is 0. The molecule has 0 saturated carbocycles. The topological polar surface area (TPSA) is 57.6 Å². The molecule has 17 heavy (non-hydrogen) atoms. The molecular weight excluding hydrogens is 262 g/mol. The summed E-state index contributed by atoms with van der Waals surface area (Å²) in [5, 5.41) is 10.8. The van der Waals surface area contributed by atoms with Crippen LogP contribution in [0.4, 0.5) is 0 Å². The summed E-state index contributed by atoms with van der Waals surface area (Å²) in [6.07, 6.45) is 0.977. The summed E-state index contributed by atoms with van der Waals surface area (Å²) in [6.45, 7) is 0.348. The zero-order valence-corrected chi connectivity index (χ0v) is 10.5. The highest BCUT2D eigenvalue weighted by molar-refractivity contribution is 7.92. The van der Waals surface area contributed by atoms with E-state index in [1.165, 1.54) is 10.4 Å². The molecule has 1 heterocycles. The zero-order valence-electron chi connectivity index (χ0n) is 8.95. The minimum absolute atomic E-state index is 0.174. The van der Waals surface area contributed by atoms with Crippen molar-refractivity contribution in [2.75, 3.05) is 13.1 Å². The van der Waals surface area contributed by atoms with Gasteiger partial charge in [0.05, 0.1) is 6.10 Å². The number of rotatable bonds is 3. The molecule has 6 heteroatoms. The molecule has 2 rings (SSSR count). The molecular formula is C11H12ClNO3S. The summed E-state index contributed by atoms with van der Waals surface area (Å²) in [6, 6.07) is 6.86. The fourth-order valence-electron chi connectivity index (χ4n) is 1.45. The van der Waals surface area contributed by atoms with E-state index in [-0.39, 0.29) is 13.1 Å². The number of halogens is 1. The van der Waals surface area contributed by atoms with E-state index in [9.17, 15) is 8.42 Å². The molecule has 1 aliphatic rings. The lowest BCUT2D eigenvalue weighted by Crippen LogP contribution is -2.52. The van der Waals surface area contributed by atoms with Gasteiger partial charge < -0.3 is 5.11 Å². The highest BCUT2D eigenvalue weighted by Crippen LogP contribution is 2.16. The average Bonchev–Trinajstić information content (AvgIpc) is 2.24. The van der Waals surface area contributed by atoms with Crippen molar-refractivity contribution >= 4 is 27.7 Å². The number of hydrogen-bond donors (Lipinski definition) is 1. The van der Waals surface area contributed by atoms with Gasteiger partial charge in [0.1, 0.15) is 0 Å². The molecule has 92 valence electrons. The third-order valence-electron chi connectivity index (χ3n) is 2.49. The number of β-amino-alcohol motifs (C(OH)–C–C–N with tert-alkyl or cyclic N) is 1. The predicted molar refractivity (Wildman–Crippen MR) is 67.0 cm³/mol. The van der Waals surface area contributed by atoms with Crippen LogP contribution >= 0.6 is 11.6 Å². The second-order valence-corrected chi connectivity index (χ2v) is 6.12. The first-order valence-electron chi connectivity index (χ1n) is 5.09. The number of aliphatic hydroxyl groups is 1. The quantitative estimate of drug-likeness (QED) is 0.904. The van der Waals surface area contributed by atoms with Crippen LogP contribution in [0.3, 0.4) is 0 Å². The van der Waals surface area contributed by atoms with E-state index in [0.29, 0.717) is 5.02 Å². The van der Waals surface area contributed by atoms with Crippen LogP contribution < -0.4 is 0 Å². The summed E-state index contributed by atoms with van der Waals surface area (Å²) in [7, 11) is -3.40. The maximum absolute atomic E-state index is 11.7. The van der Waals surface area contributed by atoms with Crippen LogP contribution in [0.1, 0.15) is 5.56 Å². The fraction of sp³-hybridized carbons (Fsp3) is 0.273. The monoisotopic (exact) mass is 273 g/mol. The Morgan fingerprint density at radius 3 is 2.41 bits per heavy atom. The molecule has 0 unspecified atom stereocenters. The highest BCUT2D eigenvalue weighted by Gasteiger charge is 2.32. The second kappa shape index (κ2) is 4.78. The number of benzene rings is 1. The number of hydrogen-bond acceptors (Lipinski definition) is 3. The van der Waals surface area contributed by atoms with Gasteiger partial charge in [-0.05, 0) is 23.8 Å². The zero-order chi connectivity index (χ0) is 12.5. The summed E-state index contributed by atoms with van der Waals surface area (Å²) >= 11 is 5.72. The molecule has 0 amide bonds. The SMILES string of the molecule is O=S(=O)(/C=C/c1ccc(Cl)cc1)N1CC(O)C1. The van der Waals surface area contributed by atoms with Crippen LogP contribution in [-0.4, -0.2) is 37.0 Å². The molecule has 1 aromatic rings. The maximum atomic E-state index is 11.7. The van der Waals surface area contributed by atoms with Crippen molar-refractivity contribution in [2.24, 2.45) is 0 Å². The molecule has 1 fully saturated rings. The summed E-state index contributed by atoms with van der Waals surface area (Å²) in [5.41, 5.74) is 0.763. The fourth-order valence-corrected chi connectivity index (χ4v) is 2.84. The largest absolute Gasteiger partial charge is 0.390 e. The molecule has 1 aromatic carbocycles. The van der Waals surface area contributed by atoms with Crippen LogP contribution in [-0.2, 0) is 10.0 Å². The van der Waals surface area contributed by atoms with E-state index in [1.54, 1.807) is 24.3 Å². The maximum Gasteiger partial charge on any atom is 0.236 e. The summed E-state index contributed by atoms with van der Waals surface area (Å²) in [5.74, 6) is 0. The van der Waals surface area contributed by atoms with Crippen molar-refractivity contribution in [3.63, 3.8) is 0 Å². The molecule has 0 radical (unpaired) electrons. The van der Waals surface area contributed by atoms with E-state index in [4.69, 9.17) is 16.7 Å². The highest BCUT2D eigenvalue weighted by atomic mass is 35.5. The van der Waals surface area contributed by atoms with Gasteiger partial charge in [-0.25, -0.2) is 8.42 Å². The van der Waals surface area contributed by atoms with Gasteiger partial charge >= 0.3 is 0 Å². The first-order valence-corrected chi connectivity index (χ1v) is 6.97. The normalized spacial score (nSPS) is 18.5. The van der Waals surface area contributed by atoms with Crippen LogP contribution in [0.2, 0.25) is 5.02 Å². The van der Waals surface area contributed by atoms with E-state index in [2.05, 4.69) is 0 Å². The van der Waals surface area contributed by atoms with Gasteiger partial charge in [0.25, 0.3) is 0 Å². The molecule has 1 N–H and O–H groups in total. The van der Waals surface area contributed by atoms with E-state index in [0.717, 1.165) is 11.0 Å². The van der Waals surface area contributed by atoms with Crippen molar-refractivity contribution in [1.82, 2.24) is 4.31 Å². The Balaban J connectivity index is 2.07. The minimum Gasteiger partial charge on any atom is -0.390 e. The van der Waals surface area contributed by atoms with Crippen LogP contribution in [0, 0.1) is 0 Å². The van der Waals surface area contributed by atoms with Crippen LogP contribution in [0.5, 0.6) is 0 Å². The van der Waals surface area contributed by atoms with Gasteiger partial charge in [0.15, 0.2) is 0 Å². The van der Waals surface area contributed by atoms with Crippen molar-refractivity contribution < 1.29 is 13.5 Å². The average molecular weight is 274 g/mol.